The number of para-hydroxylation sites is 1. The van der Waals surface area contributed by atoms with Crippen molar-refractivity contribution in [2.75, 3.05) is 4.90 Å². The number of hydrogen-bond acceptors (Lipinski definition) is 3. The fraction of sp³-hybridized carbons (Fsp3) is 0.333. The Morgan fingerprint density at radius 3 is 2.58 bits per heavy atom. The molecule has 2 aromatic heterocycles. The van der Waals surface area contributed by atoms with Gasteiger partial charge in [0.2, 0.25) is 0 Å². The van der Waals surface area contributed by atoms with Gasteiger partial charge in [0.1, 0.15) is 6.10 Å². The molecule has 5 atom stereocenters. The molecule has 0 spiro atoms. The largest absolute Gasteiger partial charge is 0.490 e. The number of aryl methyl sites for hydroxylation is 1. The smallest absolute Gasteiger partial charge is 0.129 e. The van der Waals surface area contributed by atoms with Gasteiger partial charge in [0.05, 0.1) is 17.7 Å². The highest BCUT2D eigenvalue weighted by Gasteiger charge is 2.43. The number of anilines is 1. The second-order valence-corrected chi connectivity index (χ2v) is 17.0. The van der Waals surface area contributed by atoms with Gasteiger partial charge in [-0.2, -0.15) is 0 Å². The Balaban J connectivity index is 1.05. The van der Waals surface area contributed by atoms with E-state index in [0.717, 1.165) is 44.4 Å². The second-order valence-electron chi connectivity index (χ2n) is 15.9. The molecule has 4 heteroatoms. The first-order valence-corrected chi connectivity index (χ1v) is 20.7. The number of hydrogen-bond donors (Lipinski definition) is 0. The van der Waals surface area contributed by atoms with Crippen LogP contribution in [0.4, 0.5) is 5.69 Å². The van der Waals surface area contributed by atoms with Crippen LogP contribution in [0.1, 0.15) is 84.3 Å². The average Bonchev–Trinajstić information content (AvgIpc) is 3.88. The van der Waals surface area contributed by atoms with Crippen LogP contribution in [0.2, 0.25) is 0 Å². The van der Waals surface area contributed by atoms with Crippen molar-refractivity contribution in [3.63, 3.8) is 0 Å². The fourth-order valence-corrected chi connectivity index (χ4v) is 11.8. The number of nitrogens with zero attached hydrogens (tertiary/aromatic N) is 2. The number of ether oxygens (including phenoxy) is 1. The molecule has 2 aromatic carbocycles. The third-order valence-electron chi connectivity index (χ3n) is 13.1. The molecule has 5 unspecified atom stereocenters. The molecule has 0 bridgehead atoms. The molecule has 4 aromatic rings. The van der Waals surface area contributed by atoms with E-state index in [-0.39, 0.29) is 18.1 Å². The Morgan fingerprint density at radius 2 is 1.67 bits per heavy atom. The standard InChI is InChI=1S/C48H46N2OS/c1-3-12-31(13-4-1)32-22-25-41-38(28-32)39-29-34(23-26-42(39)50(41)33-14-5-2-6-15-33)49(35-24-27-47-40(30-35)36-16-8-10-21-46(36)52-47)43-18-11-20-45-48(43)37-17-7-9-19-44(37)51-45/h1-3,5-6,10-11,14-15,18,20-27,30-32,34,45,48H,4,7-9,12-13,16-17,19,28-29H2. The molecule has 1 aliphatic heterocycles. The number of fused-ring (bicyclic) bond motifs is 8. The van der Waals surface area contributed by atoms with Crippen molar-refractivity contribution >= 4 is 45.3 Å². The third-order valence-corrected chi connectivity index (χ3v) is 14.3. The van der Waals surface area contributed by atoms with Gasteiger partial charge in [0.15, 0.2) is 0 Å². The lowest BCUT2D eigenvalue weighted by molar-refractivity contribution is 0.153. The summed E-state index contributed by atoms with van der Waals surface area (Å²) in [7, 11) is 0. The maximum Gasteiger partial charge on any atom is 0.129 e. The number of thiophene rings is 1. The maximum absolute atomic E-state index is 6.74. The highest BCUT2D eigenvalue weighted by atomic mass is 32.1. The van der Waals surface area contributed by atoms with Crippen LogP contribution in [0.5, 0.6) is 0 Å². The van der Waals surface area contributed by atoms with E-state index in [9.17, 15) is 0 Å². The van der Waals surface area contributed by atoms with Crippen LogP contribution < -0.4 is 4.90 Å². The van der Waals surface area contributed by atoms with Gasteiger partial charge < -0.3 is 14.2 Å². The van der Waals surface area contributed by atoms with Crippen molar-refractivity contribution in [3.8, 4) is 5.69 Å². The minimum atomic E-state index is 0.0962. The van der Waals surface area contributed by atoms with Crippen LogP contribution in [-0.2, 0) is 24.0 Å². The lowest BCUT2D eigenvalue weighted by Gasteiger charge is -2.40. The summed E-state index contributed by atoms with van der Waals surface area (Å²) in [5, 5.41) is 1.44. The highest BCUT2D eigenvalue weighted by Crippen LogP contribution is 2.49. The van der Waals surface area contributed by atoms with E-state index < -0.39 is 0 Å². The summed E-state index contributed by atoms with van der Waals surface area (Å²) in [6.45, 7) is 0. The van der Waals surface area contributed by atoms with E-state index in [1.54, 1.807) is 16.7 Å². The molecule has 0 saturated heterocycles. The van der Waals surface area contributed by atoms with E-state index in [4.69, 9.17) is 4.74 Å². The zero-order valence-corrected chi connectivity index (χ0v) is 30.7. The first-order valence-electron chi connectivity index (χ1n) is 19.9. The minimum absolute atomic E-state index is 0.0962. The molecule has 11 rings (SSSR count). The molecule has 6 aliphatic carbocycles. The van der Waals surface area contributed by atoms with Crippen molar-refractivity contribution in [2.24, 2.45) is 17.8 Å². The third kappa shape index (κ3) is 4.97. The SMILES string of the molecule is C1=CC2OC3=C(CCCC3)C2C(N(c2ccc3sc4c(c3c2)CCC=C4)C2C=Cc3c(c4c(n3-c3ccccc3)C=CC(C3CC=CCC3)C4)C2)=C1. The van der Waals surface area contributed by atoms with Crippen molar-refractivity contribution in [1.29, 1.82) is 0 Å². The predicted octanol–water partition coefficient (Wildman–Crippen LogP) is 11.9. The summed E-state index contributed by atoms with van der Waals surface area (Å²) < 4.78 is 10.7. The zero-order valence-electron chi connectivity index (χ0n) is 29.8. The van der Waals surface area contributed by atoms with Crippen LogP contribution in [0, 0.1) is 17.8 Å². The van der Waals surface area contributed by atoms with Crippen molar-refractivity contribution in [1.82, 2.24) is 4.57 Å². The molecule has 0 radical (unpaired) electrons. The van der Waals surface area contributed by atoms with Gasteiger partial charge >= 0.3 is 0 Å². The van der Waals surface area contributed by atoms with Crippen LogP contribution in [-0.4, -0.2) is 16.7 Å². The first kappa shape index (κ1) is 31.0. The van der Waals surface area contributed by atoms with Crippen LogP contribution in [0.15, 0.2) is 114 Å². The van der Waals surface area contributed by atoms with Crippen molar-refractivity contribution in [2.45, 2.75) is 82.8 Å². The normalized spacial score (nSPS) is 26.8. The maximum atomic E-state index is 6.74. The zero-order chi connectivity index (χ0) is 34.2. The summed E-state index contributed by atoms with van der Waals surface area (Å²) in [5.41, 5.74) is 12.9. The summed E-state index contributed by atoms with van der Waals surface area (Å²) in [4.78, 5) is 4.18. The number of aromatic nitrogens is 1. The van der Waals surface area contributed by atoms with Crippen LogP contribution in [0.3, 0.4) is 0 Å². The van der Waals surface area contributed by atoms with Crippen molar-refractivity contribution < 1.29 is 4.74 Å². The molecule has 7 aliphatic rings. The monoisotopic (exact) mass is 698 g/mol. The summed E-state index contributed by atoms with van der Waals surface area (Å²) in [6, 6.07) is 18.6. The molecule has 52 heavy (non-hydrogen) atoms. The van der Waals surface area contributed by atoms with E-state index in [1.807, 2.05) is 11.3 Å². The van der Waals surface area contributed by atoms with Gasteiger partial charge in [-0.25, -0.2) is 0 Å². The molecule has 0 amide bonds. The number of benzene rings is 2. The predicted molar refractivity (Wildman–Crippen MR) is 218 cm³/mol. The van der Waals surface area contributed by atoms with Crippen molar-refractivity contribution in [3.05, 3.63) is 147 Å². The Labute approximate surface area is 311 Å². The van der Waals surface area contributed by atoms with Gasteiger partial charge in [-0.15, -0.1) is 11.3 Å². The van der Waals surface area contributed by atoms with E-state index >= 15 is 0 Å². The highest BCUT2D eigenvalue weighted by molar-refractivity contribution is 7.20. The number of allylic oxidation sites excluding steroid dienone is 7. The molecule has 260 valence electrons. The second kappa shape index (κ2) is 12.6. The lowest BCUT2D eigenvalue weighted by atomic mass is 9.76. The van der Waals surface area contributed by atoms with Gasteiger partial charge in [-0.05, 0) is 164 Å². The van der Waals surface area contributed by atoms with Gasteiger partial charge in [0.25, 0.3) is 0 Å². The lowest BCUT2D eigenvalue weighted by Crippen LogP contribution is -2.41. The van der Waals surface area contributed by atoms with E-state index in [0.29, 0.717) is 5.92 Å². The van der Waals surface area contributed by atoms with Crippen LogP contribution >= 0.6 is 11.3 Å². The summed E-state index contributed by atoms with van der Waals surface area (Å²) >= 11 is 1.95. The van der Waals surface area contributed by atoms with Gasteiger partial charge in [-0.1, -0.05) is 54.7 Å². The van der Waals surface area contributed by atoms with Gasteiger partial charge in [0, 0.05) is 44.5 Å². The molecule has 0 fully saturated rings. The Kier molecular flexibility index (Phi) is 7.49. The fourth-order valence-electron chi connectivity index (χ4n) is 10.6. The average molecular weight is 699 g/mol. The Hall–Kier alpha value is -4.54. The first-order chi connectivity index (χ1) is 25.8. The van der Waals surface area contributed by atoms with E-state index in [1.165, 1.54) is 86.8 Å². The molecule has 3 heterocycles. The topological polar surface area (TPSA) is 17.4 Å². The summed E-state index contributed by atoms with van der Waals surface area (Å²) in [6.07, 6.45) is 39.5. The minimum Gasteiger partial charge on any atom is -0.490 e. The quantitative estimate of drug-likeness (QED) is 0.193. The Morgan fingerprint density at radius 1 is 0.788 bits per heavy atom. The molecule has 0 N–H and O–H groups in total. The molecular formula is C48H46N2OS. The van der Waals surface area contributed by atoms with Gasteiger partial charge in [-0.3, -0.25) is 0 Å². The Bertz CT molecular complexity index is 2300. The van der Waals surface area contributed by atoms with E-state index in [2.05, 4.69) is 125 Å². The molecule has 0 saturated carbocycles. The molecular weight excluding hydrogens is 653 g/mol. The molecule has 3 nitrogen and oxygen atoms in total. The summed E-state index contributed by atoms with van der Waals surface area (Å²) in [5.74, 6) is 2.87. The number of rotatable bonds is 5. The van der Waals surface area contributed by atoms with Crippen LogP contribution in [0.25, 0.3) is 34.0 Å².